The van der Waals surface area contributed by atoms with Crippen LogP contribution in [0.5, 0.6) is 0 Å². The SMILES string of the molecule is CCS(=O)(=O)NC[C@H]1CC[C@H](Nc2nc(-c3cccc(F)c3F)no2)CC1. The number of sulfonamides is 1. The van der Waals surface area contributed by atoms with E-state index in [1.54, 1.807) is 6.92 Å². The minimum absolute atomic E-state index is 0.0165. The van der Waals surface area contributed by atoms with Gasteiger partial charge in [0, 0.05) is 12.6 Å². The van der Waals surface area contributed by atoms with Gasteiger partial charge in [0.1, 0.15) is 0 Å². The van der Waals surface area contributed by atoms with E-state index in [9.17, 15) is 17.2 Å². The van der Waals surface area contributed by atoms with Crippen LogP contribution >= 0.6 is 0 Å². The number of hydrogen-bond acceptors (Lipinski definition) is 6. The van der Waals surface area contributed by atoms with Gasteiger partial charge in [0.2, 0.25) is 15.8 Å². The minimum atomic E-state index is -3.17. The van der Waals surface area contributed by atoms with Gasteiger partial charge in [0.25, 0.3) is 0 Å². The van der Waals surface area contributed by atoms with Gasteiger partial charge in [-0.2, -0.15) is 4.98 Å². The Balaban J connectivity index is 1.53. The molecule has 148 valence electrons. The summed E-state index contributed by atoms with van der Waals surface area (Å²) in [6, 6.07) is 4.05. The molecule has 0 saturated heterocycles. The van der Waals surface area contributed by atoms with E-state index in [-0.39, 0.29) is 29.2 Å². The molecule has 0 aliphatic heterocycles. The van der Waals surface area contributed by atoms with Crippen molar-refractivity contribution in [1.82, 2.24) is 14.9 Å². The first-order valence-corrected chi connectivity index (χ1v) is 10.5. The van der Waals surface area contributed by atoms with E-state index in [1.165, 1.54) is 12.1 Å². The molecule has 1 aromatic carbocycles. The largest absolute Gasteiger partial charge is 0.335 e. The summed E-state index contributed by atoms with van der Waals surface area (Å²) in [5.41, 5.74) is -0.0567. The summed E-state index contributed by atoms with van der Waals surface area (Å²) in [6.45, 7) is 2.06. The van der Waals surface area contributed by atoms with Crippen molar-refractivity contribution in [3.63, 3.8) is 0 Å². The summed E-state index contributed by atoms with van der Waals surface area (Å²) in [5.74, 6) is -1.63. The van der Waals surface area contributed by atoms with Crippen molar-refractivity contribution in [2.45, 2.75) is 38.6 Å². The number of nitrogens with one attached hydrogen (secondary N) is 2. The van der Waals surface area contributed by atoms with Crippen LogP contribution in [0.15, 0.2) is 22.7 Å². The van der Waals surface area contributed by atoms with E-state index in [1.807, 2.05) is 0 Å². The molecule has 0 unspecified atom stereocenters. The second-order valence-corrected chi connectivity index (χ2v) is 8.73. The highest BCUT2D eigenvalue weighted by Crippen LogP contribution is 2.27. The molecule has 1 aliphatic carbocycles. The zero-order valence-corrected chi connectivity index (χ0v) is 15.7. The second kappa shape index (κ2) is 8.30. The lowest BCUT2D eigenvalue weighted by Crippen LogP contribution is -2.34. The van der Waals surface area contributed by atoms with Crippen LogP contribution < -0.4 is 10.0 Å². The lowest BCUT2D eigenvalue weighted by molar-refractivity contribution is 0.330. The molecule has 0 amide bonds. The molecule has 7 nitrogen and oxygen atoms in total. The monoisotopic (exact) mass is 400 g/mol. The molecule has 2 N–H and O–H groups in total. The molecule has 0 bridgehead atoms. The van der Waals surface area contributed by atoms with Crippen molar-refractivity contribution in [3.05, 3.63) is 29.8 Å². The van der Waals surface area contributed by atoms with Crippen LogP contribution in [0.25, 0.3) is 11.4 Å². The maximum Gasteiger partial charge on any atom is 0.322 e. The Bertz CT molecular complexity index is 880. The highest BCUT2D eigenvalue weighted by atomic mass is 32.2. The number of aromatic nitrogens is 2. The lowest BCUT2D eigenvalue weighted by atomic mass is 9.86. The first kappa shape index (κ1) is 19.7. The van der Waals surface area contributed by atoms with Crippen LogP contribution in [0.2, 0.25) is 0 Å². The minimum Gasteiger partial charge on any atom is -0.335 e. The Kier molecular flexibility index (Phi) is 6.05. The maximum atomic E-state index is 13.8. The molecule has 27 heavy (non-hydrogen) atoms. The predicted molar refractivity (Wildman–Crippen MR) is 96.5 cm³/mol. The zero-order chi connectivity index (χ0) is 19.4. The first-order valence-electron chi connectivity index (χ1n) is 8.90. The van der Waals surface area contributed by atoms with Gasteiger partial charge in [-0.3, -0.25) is 0 Å². The van der Waals surface area contributed by atoms with Gasteiger partial charge in [0.05, 0.1) is 11.3 Å². The third-order valence-electron chi connectivity index (χ3n) is 4.76. The van der Waals surface area contributed by atoms with E-state index in [0.717, 1.165) is 31.7 Å². The smallest absolute Gasteiger partial charge is 0.322 e. The Morgan fingerprint density at radius 3 is 2.67 bits per heavy atom. The number of halogens is 2. The van der Waals surface area contributed by atoms with Gasteiger partial charge in [-0.05, 0) is 50.7 Å². The summed E-state index contributed by atoms with van der Waals surface area (Å²) in [4.78, 5) is 4.09. The average Bonchev–Trinajstić information content (AvgIpc) is 3.12. The predicted octanol–water partition coefficient (Wildman–Crippen LogP) is 2.92. The molecule has 3 rings (SSSR count). The van der Waals surface area contributed by atoms with Crippen LogP contribution in [0.4, 0.5) is 14.8 Å². The van der Waals surface area contributed by atoms with Crippen molar-refractivity contribution in [2.75, 3.05) is 17.6 Å². The van der Waals surface area contributed by atoms with Crippen LogP contribution in [0, 0.1) is 17.6 Å². The molecular formula is C17H22F2N4O3S. The Labute approximate surface area is 156 Å². The highest BCUT2D eigenvalue weighted by Gasteiger charge is 2.24. The summed E-state index contributed by atoms with van der Waals surface area (Å²) in [6.07, 6.45) is 3.38. The molecule has 10 heteroatoms. The summed E-state index contributed by atoms with van der Waals surface area (Å²) >= 11 is 0. The molecule has 1 heterocycles. The molecule has 0 atom stereocenters. The van der Waals surface area contributed by atoms with Crippen molar-refractivity contribution >= 4 is 16.0 Å². The topological polar surface area (TPSA) is 97.1 Å². The summed E-state index contributed by atoms with van der Waals surface area (Å²) < 4.78 is 57.9. The molecule has 1 fully saturated rings. The number of anilines is 1. The van der Waals surface area contributed by atoms with Gasteiger partial charge < -0.3 is 9.84 Å². The van der Waals surface area contributed by atoms with Crippen molar-refractivity contribution in [3.8, 4) is 11.4 Å². The number of benzene rings is 1. The van der Waals surface area contributed by atoms with E-state index in [4.69, 9.17) is 4.52 Å². The second-order valence-electron chi connectivity index (χ2n) is 6.64. The van der Waals surface area contributed by atoms with Crippen molar-refractivity contribution in [1.29, 1.82) is 0 Å². The fourth-order valence-electron chi connectivity index (χ4n) is 3.10. The lowest BCUT2D eigenvalue weighted by Gasteiger charge is -2.28. The average molecular weight is 400 g/mol. The maximum absolute atomic E-state index is 13.8. The molecule has 1 aliphatic rings. The molecule has 2 aromatic rings. The third-order valence-corrected chi connectivity index (χ3v) is 6.13. The van der Waals surface area contributed by atoms with Gasteiger partial charge in [-0.15, -0.1) is 0 Å². The van der Waals surface area contributed by atoms with E-state index in [0.29, 0.717) is 12.5 Å². The molecule has 1 saturated carbocycles. The van der Waals surface area contributed by atoms with Crippen LogP contribution in [-0.2, 0) is 10.0 Å². The van der Waals surface area contributed by atoms with Gasteiger partial charge in [0.15, 0.2) is 11.6 Å². The van der Waals surface area contributed by atoms with Crippen LogP contribution in [-0.4, -0.2) is 36.9 Å². The standard InChI is InChI=1S/C17H22F2N4O3S/c1-2-27(24,25)20-10-11-6-8-12(9-7-11)21-17-22-16(23-26-17)13-4-3-5-14(18)15(13)19/h3-5,11-12,20H,2,6-10H2,1H3,(H,21,22,23)/t11-,12-. The van der Waals surface area contributed by atoms with Gasteiger partial charge in [-0.25, -0.2) is 21.9 Å². The van der Waals surface area contributed by atoms with Gasteiger partial charge >= 0.3 is 6.01 Å². The normalized spacial score (nSPS) is 20.6. The number of rotatable bonds is 7. The zero-order valence-electron chi connectivity index (χ0n) is 14.9. The van der Waals surface area contributed by atoms with Gasteiger partial charge in [-0.1, -0.05) is 11.2 Å². The number of nitrogens with zero attached hydrogens (tertiary/aromatic N) is 2. The Hall–Kier alpha value is -2.07. The Morgan fingerprint density at radius 1 is 1.22 bits per heavy atom. The quantitative estimate of drug-likeness (QED) is 0.742. The van der Waals surface area contributed by atoms with Crippen LogP contribution in [0.1, 0.15) is 32.6 Å². The molecule has 1 aromatic heterocycles. The van der Waals surface area contributed by atoms with Crippen LogP contribution in [0.3, 0.4) is 0 Å². The van der Waals surface area contributed by atoms with E-state index >= 15 is 0 Å². The molecule has 0 spiro atoms. The fraction of sp³-hybridized carbons (Fsp3) is 0.529. The fourth-order valence-corrected chi connectivity index (χ4v) is 3.79. The Morgan fingerprint density at radius 2 is 1.96 bits per heavy atom. The van der Waals surface area contributed by atoms with E-state index in [2.05, 4.69) is 20.2 Å². The summed E-state index contributed by atoms with van der Waals surface area (Å²) in [7, 11) is -3.17. The highest BCUT2D eigenvalue weighted by molar-refractivity contribution is 7.89. The number of hydrogen-bond donors (Lipinski definition) is 2. The van der Waals surface area contributed by atoms with Crippen molar-refractivity contribution < 1.29 is 21.7 Å². The summed E-state index contributed by atoms with van der Waals surface area (Å²) in [5, 5.41) is 6.82. The molecular weight excluding hydrogens is 378 g/mol. The van der Waals surface area contributed by atoms with E-state index < -0.39 is 21.7 Å². The first-order chi connectivity index (χ1) is 12.9. The molecule has 0 radical (unpaired) electrons. The third kappa shape index (κ3) is 5.01. The van der Waals surface area contributed by atoms with Crippen molar-refractivity contribution in [2.24, 2.45) is 5.92 Å².